The molecule has 1 saturated heterocycles. The molecule has 22 heavy (non-hydrogen) atoms. The van der Waals surface area contributed by atoms with Gasteiger partial charge in [0.05, 0.1) is 0 Å². The van der Waals surface area contributed by atoms with Gasteiger partial charge in [-0.15, -0.1) is 0 Å². The molecule has 0 bridgehead atoms. The molecule has 6 nitrogen and oxygen atoms in total. The number of nitrogens with two attached hydrogens (primary N) is 1. The largest absolute Gasteiger partial charge is 0.367 e. The fourth-order valence-corrected chi connectivity index (χ4v) is 3.64. The molecule has 0 aromatic carbocycles. The van der Waals surface area contributed by atoms with E-state index in [1.54, 1.807) is 6.07 Å². The molecule has 2 heterocycles. The topological polar surface area (TPSA) is 84.1 Å². The van der Waals surface area contributed by atoms with Crippen LogP contribution in [-0.4, -0.2) is 45.9 Å². The van der Waals surface area contributed by atoms with E-state index in [4.69, 9.17) is 5.73 Å². The number of anilines is 1. The number of likely N-dealkylation sites (tertiary alicyclic amines) is 1. The molecule has 3 N–H and O–H groups in total. The smallest absolute Gasteiger partial charge is 0.267 e. The molecule has 1 aromatic heterocycles. The molecule has 2 aliphatic rings. The Morgan fingerprint density at radius 1 is 1.14 bits per heavy atom. The number of carbonyl (C=O) groups is 1. The molecule has 1 aromatic rings. The van der Waals surface area contributed by atoms with Gasteiger partial charge in [0.1, 0.15) is 17.8 Å². The fraction of sp³-hybridized carbons (Fsp3) is 0.688. The second-order valence-electron chi connectivity index (χ2n) is 6.40. The van der Waals surface area contributed by atoms with E-state index in [0.717, 1.165) is 32.0 Å². The van der Waals surface area contributed by atoms with Crippen molar-refractivity contribution in [1.82, 2.24) is 14.9 Å². The quantitative estimate of drug-likeness (QED) is 0.886. The fourth-order valence-electron chi connectivity index (χ4n) is 3.64. The predicted molar refractivity (Wildman–Crippen MR) is 85.6 cm³/mol. The Morgan fingerprint density at radius 2 is 1.86 bits per heavy atom. The van der Waals surface area contributed by atoms with E-state index in [0.29, 0.717) is 11.9 Å². The van der Waals surface area contributed by atoms with E-state index in [2.05, 4.69) is 20.2 Å². The van der Waals surface area contributed by atoms with Crippen LogP contribution >= 0.6 is 0 Å². The van der Waals surface area contributed by atoms with Crippen LogP contribution in [0.15, 0.2) is 12.4 Å². The van der Waals surface area contributed by atoms with Gasteiger partial charge in [0.2, 0.25) is 0 Å². The lowest BCUT2D eigenvalue weighted by molar-refractivity contribution is 0.0995. The number of hydrogen-bond acceptors (Lipinski definition) is 5. The minimum absolute atomic E-state index is 0.261. The Kier molecular flexibility index (Phi) is 4.87. The molecule has 3 rings (SSSR count). The summed E-state index contributed by atoms with van der Waals surface area (Å²) in [5, 5.41) is 3.41. The molecule has 120 valence electrons. The molecular formula is C16H25N5O. The maximum absolute atomic E-state index is 11.2. The van der Waals surface area contributed by atoms with E-state index >= 15 is 0 Å². The third-order valence-corrected chi connectivity index (χ3v) is 4.89. The van der Waals surface area contributed by atoms with Crippen molar-refractivity contribution in [1.29, 1.82) is 0 Å². The lowest BCUT2D eigenvalue weighted by Crippen LogP contribution is -2.45. The van der Waals surface area contributed by atoms with Crippen LogP contribution in [0, 0.1) is 0 Å². The van der Waals surface area contributed by atoms with Crippen LogP contribution in [0.3, 0.4) is 0 Å². The maximum Gasteiger partial charge on any atom is 0.267 e. The molecule has 1 aliphatic heterocycles. The average molecular weight is 303 g/mol. The van der Waals surface area contributed by atoms with Crippen molar-refractivity contribution in [2.45, 2.75) is 57.0 Å². The molecule has 2 fully saturated rings. The van der Waals surface area contributed by atoms with Gasteiger partial charge in [0, 0.05) is 31.2 Å². The molecule has 0 spiro atoms. The molecule has 0 unspecified atom stereocenters. The lowest BCUT2D eigenvalue weighted by atomic mass is 9.92. The number of hydrogen-bond donors (Lipinski definition) is 2. The van der Waals surface area contributed by atoms with Gasteiger partial charge >= 0.3 is 0 Å². The highest BCUT2D eigenvalue weighted by atomic mass is 16.1. The van der Waals surface area contributed by atoms with E-state index in [9.17, 15) is 4.79 Å². The lowest BCUT2D eigenvalue weighted by Gasteiger charge is -2.39. The minimum Gasteiger partial charge on any atom is -0.367 e. The van der Waals surface area contributed by atoms with Crippen LogP contribution in [-0.2, 0) is 0 Å². The Bertz CT molecular complexity index is 507. The van der Waals surface area contributed by atoms with Gasteiger partial charge in [0.15, 0.2) is 0 Å². The number of nitrogens with zero attached hydrogens (tertiary/aromatic N) is 3. The first-order valence-corrected chi connectivity index (χ1v) is 8.35. The molecule has 0 atom stereocenters. The van der Waals surface area contributed by atoms with Gasteiger partial charge in [-0.2, -0.15) is 0 Å². The van der Waals surface area contributed by atoms with E-state index in [1.807, 2.05) is 0 Å². The van der Waals surface area contributed by atoms with Crippen molar-refractivity contribution in [3.63, 3.8) is 0 Å². The highest BCUT2D eigenvalue weighted by Gasteiger charge is 2.26. The number of piperidine rings is 1. The summed E-state index contributed by atoms with van der Waals surface area (Å²) in [5.41, 5.74) is 5.51. The van der Waals surface area contributed by atoms with Gasteiger partial charge in [0.25, 0.3) is 5.91 Å². The van der Waals surface area contributed by atoms with Crippen LogP contribution in [0.5, 0.6) is 0 Å². The SMILES string of the molecule is NC(=O)c1cc(NC2CCN(C3CCCCC3)CC2)ncn1. The highest BCUT2D eigenvalue weighted by molar-refractivity contribution is 5.91. The number of amides is 1. The zero-order valence-corrected chi connectivity index (χ0v) is 13.0. The molecule has 1 saturated carbocycles. The second kappa shape index (κ2) is 7.05. The van der Waals surface area contributed by atoms with Crippen molar-refractivity contribution in [2.24, 2.45) is 5.73 Å². The molecule has 1 amide bonds. The van der Waals surface area contributed by atoms with Crippen molar-refractivity contribution in [3.05, 3.63) is 18.1 Å². The van der Waals surface area contributed by atoms with Crippen molar-refractivity contribution < 1.29 is 4.79 Å². The first-order chi connectivity index (χ1) is 10.7. The van der Waals surface area contributed by atoms with Gasteiger partial charge in [-0.05, 0) is 25.7 Å². The van der Waals surface area contributed by atoms with Gasteiger partial charge in [-0.25, -0.2) is 9.97 Å². The van der Waals surface area contributed by atoms with Crippen LogP contribution in [0.1, 0.15) is 55.4 Å². The van der Waals surface area contributed by atoms with Gasteiger partial charge in [-0.3, -0.25) is 4.79 Å². The Balaban J connectivity index is 1.51. The summed E-state index contributed by atoms with van der Waals surface area (Å²) in [6.07, 6.45) is 10.5. The molecular weight excluding hydrogens is 278 g/mol. The normalized spacial score (nSPS) is 21.6. The number of aromatic nitrogens is 2. The summed E-state index contributed by atoms with van der Waals surface area (Å²) in [4.78, 5) is 21.9. The first-order valence-electron chi connectivity index (χ1n) is 8.35. The Labute approximate surface area is 131 Å². The Hall–Kier alpha value is -1.69. The standard InChI is InChI=1S/C16H25N5O/c17-16(22)14-10-15(19-11-18-14)20-12-6-8-21(9-7-12)13-4-2-1-3-5-13/h10-13H,1-9H2,(H2,17,22)(H,18,19,20). The van der Waals surface area contributed by atoms with Crippen LogP contribution in [0.25, 0.3) is 0 Å². The van der Waals surface area contributed by atoms with Crippen LogP contribution in [0.2, 0.25) is 0 Å². The Morgan fingerprint density at radius 3 is 2.55 bits per heavy atom. The average Bonchev–Trinajstić information content (AvgIpc) is 2.56. The van der Waals surface area contributed by atoms with Crippen LogP contribution in [0.4, 0.5) is 5.82 Å². The summed E-state index contributed by atoms with van der Waals surface area (Å²) < 4.78 is 0. The van der Waals surface area contributed by atoms with Crippen LogP contribution < -0.4 is 11.1 Å². The molecule has 6 heteroatoms. The molecule has 1 aliphatic carbocycles. The highest BCUT2D eigenvalue weighted by Crippen LogP contribution is 2.26. The van der Waals surface area contributed by atoms with E-state index in [1.165, 1.54) is 38.4 Å². The maximum atomic E-state index is 11.2. The first kappa shape index (κ1) is 15.2. The number of carbonyl (C=O) groups excluding carboxylic acids is 1. The zero-order chi connectivity index (χ0) is 15.4. The van der Waals surface area contributed by atoms with E-state index in [-0.39, 0.29) is 5.69 Å². The summed E-state index contributed by atoms with van der Waals surface area (Å²) in [6.45, 7) is 2.30. The summed E-state index contributed by atoms with van der Waals surface area (Å²) in [6, 6.07) is 2.85. The predicted octanol–water partition coefficient (Wildman–Crippen LogP) is 1.78. The third-order valence-electron chi connectivity index (χ3n) is 4.89. The van der Waals surface area contributed by atoms with Crippen molar-refractivity contribution >= 4 is 11.7 Å². The number of rotatable bonds is 4. The number of primary amides is 1. The monoisotopic (exact) mass is 303 g/mol. The van der Waals surface area contributed by atoms with Gasteiger partial charge in [-0.1, -0.05) is 19.3 Å². The van der Waals surface area contributed by atoms with E-state index < -0.39 is 5.91 Å². The van der Waals surface area contributed by atoms with Crippen molar-refractivity contribution in [2.75, 3.05) is 18.4 Å². The molecule has 0 radical (unpaired) electrons. The summed E-state index contributed by atoms with van der Waals surface area (Å²) in [7, 11) is 0. The minimum atomic E-state index is -0.516. The number of nitrogens with one attached hydrogen (secondary N) is 1. The zero-order valence-electron chi connectivity index (χ0n) is 13.0. The van der Waals surface area contributed by atoms with Crippen molar-refractivity contribution in [3.8, 4) is 0 Å². The third kappa shape index (κ3) is 3.74. The summed E-state index contributed by atoms with van der Waals surface area (Å²) >= 11 is 0. The van der Waals surface area contributed by atoms with Gasteiger partial charge < -0.3 is 16.0 Å². The summed E-state index contributed by atoms with van der Waals surface area (Å²) in [5.74, 6) is 0.178. The second-order valence-corrected chi connectivity index (χ2v) is 6.40.